The molecular formula is C16H18N6O. The molecule has 2 aromatic heterocycles. The molecule has 7 nitrogen and oxygen atoms in total. The number of rotatable bonds is 5. The van der Waals surface area contributed by atoms with Gasteiger partial charge in [-0.3, -0.25) is 4.79 Å². The molecule has 7 heteroatoms. The number of fused-ring (bicyclic) bond motifs is 1. The van der Waals surface area contributed by atoms with E-state index in [1.165, 1.54) is 4.80 Å². The molecule has 0 radical (unpaired) electrons. The van der Waals surface area contributed by atoms with Gasteiger partial charge in [0.2, 0.25) is 5.91 Å². The van der Waals surface area contributed by atoms with E-state index in [1.807, 2.05) is 42.1 Å². The molecule has 0 aliphatic heterocycles. The molecular weight excluding hydrogens is 292 g/mol. The number of nitrogens with one attached hydrogen (secondary N) is 1. The first-order valence-electron chi connectivity index (χ1n) is 7.77. The van der Waals surface area contributed by atoms with E-state index in [4.69, 9.17) is 0 Å². The molecule has 0 bridgehead atoms. The Morgan fingerprint density at radius 1 is 1.30 bits per heavy atom. The van der Waals surface area contributed by atoms with Crippen LogP contribution in [0, 0.1) is 5.92 Å². The number of carbonyl (C=O) groups is 1. The predicted octanol–water partition coefficient (Wildman–Crippen LogP) is 1.43. The number of hydrogen-bond donors (Lipinski definition) is 1. The van der Waals surface area contributed by atoms with Crippen molar-refractivity contribution < 1.29 is 4.79 Å². The molecule has 1 fully saturated rings. The summed E-state index contributed by atoms with van der Waals surface area (Å²) in [7, 11) is 1.95. The van der Waals surface area contributed by atoms with Gasteiger partial charge in [0, 0.05) is 19.4 Å². The van der Waals surface area contributed by atoms with Crippen LogP contribution in [-0.4, -0.2) is 30.5 Å². The number of aromatic nitrogens is 5. The van der Waals surface area contributed by atoms with Crippen molar-refractivity contribution in [3.05, 3.63) is 42.5 Å². The summed E-state index contributed by atoms with van der Waals surface area (Å²) < 4.78 is 1.96. The Labute approximate surface area is 133 Å². The standard InChI is InChI=1S/C16H18N6O/c1-21-9-8-17-16(21)15(11-6-7-11)18-14(23)10-22-19-12-4-2-3-5-13(12)20-22/h2-5,8-9,11,15H,6-7,10H2,1H3,(H,18,23). The van der Waals surface area contributed by atoms with Crippen molar-refractivity contribution in [3.8, 4) is 0 Å². The molecule has 1 aliphatic rings. The fraction of sp³-hybridized carbons (Fsp3) is 0.375. The Hall–Kier alpha value is -2.70. The second kappa shape index (κ2) is 5.49. The highest BCUT2D eigenvalue weighted by Gasteiger charge is 2.35. The normalized spacial score (nSPS) is 15.7. The summed E-state index contributed by atoms with van der Waals surface area (Å²) in [4.78, 5) is 18.2. The number of amides is 1. The summed E-state index contributed by atoms with van der Waals surface area (Å²) in [5, 5.41) is 11.7. The van der Waals surface area contributed by atoms with Gasteiger partial charge in [-0.15, -0.1) is 0 Å². The third-order valence-corrected chi connectivity index (χ3v) is 4.16. The van der Waals surface area contributed by atoms with Crippen LogP contribution >= 0.6 is 0 Å². The van der Waals surface area contributed by atoms with Crippen molar-refractivity contribution in [1.29, 1.82) is 0 Å². The van der Waals surface area contributed by atoms with Gasteiger partial charge in [0.25, 0.3) is 0 Å². The number of aryl methyl sites for hydroxylation is 1. The van der Waals surface area contributed by atoms with Gasteiger partial charge in [-0.1, -0.05) is 12.1 Å². The molecule has 0 spiro atoms. The molecule has 118 valence electrons. The van der Waals surface area contributed by atoms with Gasteiger partial charge in [-0.25, -0.2) is 4.98 Å². The quantitative estimate of drug-likeness (QED) is 0.773. The molecule has 1 aromatic carbocycles. The van der Waals surface area contributed by atoms with Crippen LogP contribution in [-0.2, 0) is 18.4 Å². The van der Waals surface area contributed by atoms with Gasteiger partial charge in [-0.2, -0.15) is 15.0 Å². The molecule has 2 heterocycles. The molecule has 23 heavy (non-hydrogen) atoms. The summed E-state index contributed by atoms with van der Waals surface area (Å²) in [5.74, 6) is 1.29. The highest BCUT2D eigenvalue weighted by Crippen LogP contribution is 2.40. The zero-order valence-electron chi connectivity index (χ0n) is 12.9. The Morgan fingerprint density at radius 3 is 2.57 bits per heavy atom. The average molecular weight is 310 g/mol. The minimum Gasteiger partial charge on any atom is -0.344 e. The maximum atomic E-state index is 12.4. The highest BCUT2D eigenvalue weighted by molar-refractivity contribution is 5.77. The van der Waals surface area contributed by atoms with Crippen LogP contribution in [0.25, 0.3) is 11.0 Å². The molecule has 4 rings (SSSR count). The third-order valence-electron chi connectivity index (χ3n) is 4.16. The number of benzene rings is 1. The van der Waals surface area contributed by atoms with Crippen LogP contribution in [0.1, 0.15) is 24.7 Å². The summed E-state index contributed by atoms with van der Waals surface area (Å²) in [6.07, 6.45) is 5.92. The topological polar surface area (TPSA) is 77.6 Å². The van der Waals surface area contributed by atoms with Crippen LogP contribution in [0.15, 0.2) is 36.7 Å². The predicted molar refractivity (Wildman–Crippen MR) is 84.3 cm³/mol. The Bertz CT molecular complexity index is 814. The SMILES string of the molecule is Cn1ccnc1C(NC(=O)Cn1nc2ccccc2n1)C1CC1. The minimum atomic E-state index is -0.0924. The average Bonchev–Trinajstić information content (AvgIpc) is 3.16. The van der Waals surface area contributed by atoms with Crippen molar-refractivity contribution in [2.45, 2.75) is 25.4 Å². The second-order valence-corrected chi connectivity index (χ2v) is 6.00. The van der Waals surface area contributed by atoms with Gasteiger partial charge in [-0.05, 0) is 30.9 Å². The Morgan fingerprint density at radius 2 is 2.00 bits per heavy atom. The van der Waals surface area contributed by atoms with Gasteiger partial charge in [0.15, 0.2) is 0 Å². The van der Waals surface area contributed by atoms with Crippen molar-refractivity contribution >= 4 is 16.9 Å². The van der Waals surface area contributed by atoms with Crippen LogP contribution in [0.4, 0.5) is 0 Å². The second-order valence-electron chi connectivity index (χ2n) is 6.00. The van der Waals surface area contributed by atoms with Crippen molar-refractivity contribution in [1.82, 2.24) is 29.9 Å². The maximum absolute atomic E-state index is 12.4. The van der Waals surface area contributed by atoms with E-state index in [2.05, 4.69) is 20.5 Å². The molecule has 1 N–H and O–H groups in total. The molecule has 1 unspecified atom stereocenters. The molecule has 1 amide bonds. The minimum absolute atomic E-state index is 0.0347. The maximum Gasteiger partial charge on any atom is 0.244 e. The van der Waals surface area contributed by atoms with Gasteiger partial charge in [0.1, 0.15) is 23.4 Å². The number of hydrogen-bond acceptors (Lipinski definition) is 4. The molecule has 3 aromatic rings. The van der Waals surface area contributed by atoms with E-state index in [9.17, 15) is 4.79 Å². The van der Waals surface area contributed by atoms with E-state index in [0.717, 1.165) is 29.7 Å². The third kappa shape index (κ3) is 2.81. The molecule has 1 aliphatic carbocycles. The zero-order valence-corrected chi connectivity index (χ0v) is 12.9. The van der Waals surface area contributed by atoms with Crippen LogP contribution in [0.2, 0.25) is 0 Å². The van der Waals surface area contributed by atoms with Crippen LogP contribution in [0.5, 0.6) is 0 Å². The highest BCUT2D eigenvalue weighted by atomic mass is 16.2. The summed E-state index contributed by atoms with van der Waals surface area (Å²) >= 11 is 0. The lowest BCUT2D eigenvalue weighted by atomic mass is 10.1. The molecule has 0 saturated heterocycles. The number of imidazole rings is 1. The van der Waals surface area contributed by atoms with Crippen molar-refractivity contribution in [2.24, 2.45) is 13.0 Å². The summed E-state index contributed by atoms with van der Waals surface area (Å²) in [5.41, 5.74) is 1.59. The largest absolute Gasteiger partial charge is 0.344 e. The van der Waals surface area contributed by atoms with Crippen molar-refractivity contribution in [3.63, 3.8) is 0 Å². The fourth-order valence-electron chi connectivity index (χ4n) is 2.82. The van der Waals surface area contributed by atoms with E-state index in [-0.39, 0.29) is 18.5 Å². The Balaban J connectivity index is 1.49. The summed E-state index contributed by atoms with van der Waals surface area (Å²) in [6, 6.07) is 7.56. The lowest BCUT2D eigenvalue weighted by molar-refractivity contribution is -0.123. The number of nitrogens with zero attached hydrogens (tertiary/aromatic N) is 5. The van der Waals surface area contributed by atoms with E-state index in [1.54, 1.807) is 6.20 Å². The van der Waals surface area contributed by atoms with E-state index < -0.39 is 0 Å². The Kier molecular flexibility index (Phi) is 3.33. The van der Waals surface area contributed by atoms with E-state index >= 15 is 0 Å². The van der Waals surface area contributed by atoms with Gasteiger partial charge < -0.3 is 9.88 Å². The lowest BCUT2D eigenvalue weighted by Gasteiger charge is -2.17. The van der Waals surface area contributed by atoms with Gasteiger partial charge >= 0.3 is 0 Å². The fourth-order valence-corrected chi connectivity index (χ4v) is 2.82. The van der Waals surface area contributed by atoms with Crippen LogP contribution < -0.4 is 5.32 Å². The zero-order chi connectivity index (χ0) is 15.8. The lowest BCUT2D eigenvalue weighted by Crippen LogP contribution is -2.34. The first-order chi connectivity index (χ1) is 11.2. The van der Waals surface area contributed by atoms with Crippen molar-refractivity contribution in [2.75, 3.05) is 0 Å². The van der Waals surface area contributed by atoms with Gasteiger partial charge in [0.05, 0.1) is 6.04 Å². The van der Waals surface area contributed by atoms with E-state index in [0.29, 0.717) is 5.92 Å². The van der Waals surface area contributed by atoms with Crippen LogP contribution in [0.3, 0.4) is 0 Å². The molecule has 1 atom stereocenters. The summed E-state index contributed by atoms with van der Waals surface area (Å²) in [6.45, 7) is 0.113. The first kappa shape index (κ1) is 13.9. The smallest absolute Gasteiger partial charge is 0.244 e. The molecule has 1 saturated carbocycles. The first-order valence-corrected chi connectivity index (χ1v) is 7.77. The number of carbonyl (C=O) groups excluding carboxylic acids is 1. The monoisotopic (exact) mass is 310 g/mol.